The van der Waals surface area contributed by atoms with Gasteiger partial charge < -0.3 is 15.6 Å². The van der Waals surface area contributed by atoms with E-state index in [1.807, 2.05) is 13.0 Å². The predicted octanol–water partition coefficient (Wildman–Crippen LogP) is 2.26. The number of rotatable bonds is 5. The molecular formula is C14H23NO2. The fraction of sp³-hybridized carbons (Fsp3) is 0.571. The molecule has 17 heavy (non-hydrogen) atoms. The second-order valence-electron chi connectivity index (χ2n) is 4.88. The minimum absolute atomic E-state index is 0.167. The van der Waals surface area contributed by atoms with E-state index >= 15 is 0 Å². The zero-order chi connectivity index (χ0) is 13.1. The van der Waals surface area contributed by atoms with E-state index in [0.29, 0.717) is 6.42 Å². The molecule has 1 atom stereocenters. The number of aryl methyl sites for hydroxylation is 2. The maximum Gasteiger partial charge on any atom is 0.124 e. The summed E-state index contributed by atoms with van der Waals surface area (Å²) in [5.41, 5.74) is 9.28. The van der Waals surface area contributed by atoms with Gasteiger partial charge in [0.15, 0.2) is 0 Å². The van der Waals surface area contributed by atoms with Crippen molar-refractivity contribution in [3.8, 4) is 5.75 Å². The maximum absolute atomic E-state index is 8.91. The van der Waals surface area contributed by atoms with Crippen LogP contribution in [0, 0.1) is 13.8 Å². The lowest BCUT2D eigenvalue weighted by atomic mass is 9.86. The van der Waals surface area contributed by atoms with Crippen molar-refractivity contribution in [3.63, 3.8) is 0 Å². The van der Waals surface area contributed by atoms with Crippen molar-refractivity contribution in [2.24, 2.45) is 5.73 Å². The van der Waals surface area contributed by atoms with E-state index in [4.69, 9.17) is 15.6 Å². The van der Waals surface area contributed by atoms with Crippen molar-refractivity contribution in [2.75, 3.05) is 13.7 Å². The summed E-state index contributed by atoms with van der Waals surface area (Å²) >= 11 is 0. The van der Waals surface area contributed by atoms with E-state index in [2.05, 4.69) is 19.9 Å². The van der Waals surface area contributed by atoms with Crippen molar-refractivity contribution in [2.45, 2.75) is 39.2 Å². The molecule has 1 rings (SSSR count). The molecule has 0 aliphatic heterocycles. The van der Waals surface area contributed by atoms with Gasteiger partial charge in [-0.05, 0) is 50.8 Å². The molecule has 3 N–H and O–H groups in total. The summed E-state index contributed by atoms with van der Waals surface area (Å²) in [7, 11) is 1.66. The molecule has 3 heteroatoms. The lowest BCUT2D eigenvalue weighted by Gasteiger charge is -2.28. The standard InChI is InChI=1S/C14H23NO2/c1-10-8-12(13(17-4)9-11(10)2)14(3,15)6-5-7-16/h8-9,16H,5-7,15H2,1-4H3. The van der Waals surface area contributed by atoms with Crippen LogP contribution in [0.15, 0.2) is 12.1 Å². The number of methoxy groups -OCH3 is 1. The monoisotopic (exact) mass is 237 g/mol. The molecule has 0 saturated heterocycles. The van der Waals surface area contributed by atoms with Crippen molar-refractivity contribution in [1.82, 2.24) is 0 Å². The van der Waals surface area contributed by atoms with E-state index < -0.39 is 5.54 Å². The summed E-state index contributed by atoms with van der Waals surface area (Å²) in [6.45, 7) is 6.28. The topological polar surface area (TPSA) is 55.5 Å². The smallest absolute Gasteiger partial charge is 0.124 e. The molecule has 1 aromatic carbocycles. The van der Waals surface area contributed by atoms with E-state index in [-0.39, 0.29) is 6.61 Å². The lowest BCUT2D eigenvalue weighted by molar-refractivity contribution is 0.263. The lowest BCUT2D eigenvalue weighted by Crippen LogP contribution is -2.33. The molecule has 0 spiro atoms. The zero-order valence-corrected chi connectivity index (χ0v) is 11.2. The van der Waals surface area contributed by atoms with Crippen LogP contribution in [0.3, 0.4) is 0 Å². The number of nitrogens with two attached hydrogens (primary N) is 1. The molecule has 0 heterocycles. The summed E-state index contributed by atoms with van der Waals surface area (Å²) in [6.07, 6.45) is 1.44. The highest BCUT2D eigenvalue weighted by atomic mass is 16.5. The Morgan fingerprint density at radius 2 is 1.88 bits per heavy atom. The van der Waals surface area contributed by atoms with E-state index in [1.54, 1.807) is 7.11 Å². The number of benzene rings is 1. The number of aliphatic hydroxyl groups is 1. The Kier molecular flexibility index (Phi) is 4.54. The third kappa shape index (κ3) is 3.20. The summed E-state index contributed by atoms with van der Waals surface area (Å²) in [4.78, 5) is 0. The second-order valence-corrected chi connectivity index (χ2v) is 4.88. The SMILES string of the molecule is COc1cc(C)c(C)cc1C(C)(N)CCCO. The second kappa shape index (κ2) is 5.52. The van der Waals surface area contributed by atoms with Gasteiger partial charge in [0.25, 0.3) is 0 Å². The zero-order valence-electron chi connectivity index (χ0n) is 11.2. The molecule has 1 unspecified atom stereocenters. The van der Waals surface area contributed by atoms with Gasteiger partial charge in [-0.1, -0.05) is 6.07 Å². The van der Waals surface area contributed by atoms with Gasteiger partial charge in [-0.25, -0.2) is 0 Å². The summed E-state index contributed by atoms with van der Waals surface area (Å²) in [5, 5.41) is 8.91. The Labute approximate surface area is 104 Å². The summed E-state index contributed by atoms with van der Waals surface area (Å²) in [6, 6.07) is 4.11. The Morgan fingerprint density at radius 1 is 1.29 bits per heavy atom. The van der Waals surface area contributed by atoms with Crippen molar-refractivity contribution < 1.29 is 9.84 Å². The molecule has 0 fully saturated rings. The quantitative estimate of drug-likeness (QED) is 0.826. The molecule has 0 amide bonds. The van der Waals surface area contributed by atoms with Gasteiger partial charge in [-0.15, -0.1) is 0 Å². The van der Waals surface area contributed by atoms with Gasteiger partial charge in [0.1, 0.15) is 5.75 Å². The molecule has 0 saturated carbocycles. The fourth-order valence-electron chi connectivity index (χ4n) is 1.99. The average Bonchev–Trinajstić information content (AvgIpc) is 2.29. The summed E-state index contributed by atoms with van der Waals surface area (Å²) in [5.74, 6) is 0.830. The molecule has 96 valence electrons. The van der Waals surface area contributed by atoms with Crippen LogP contribution in [0.25, 0.3) is 0 Å². The molecule has 0 radical (unpaired) electrons. The molecule has 0 aliphatic carbocycles. The highest BCUT2D eigenvalue weighted by Crippen LogP contribution is 2.33. The van der Waals surface area contributed by atoms with Crippen LogP contribution < -0.4 is 10.5 Å². The van der Waals surface area contributed by atoms with Gasteiger partial charge in [0, 0.05) is 17.7 Å². The molecule has 0 aromatic heterocycles. The Bertz CT molecular complexity index is 386. The predicted molar refractivity (Wildman–Crippen MR) is 70.3 cm³/mol. The largest absolute Gasteiger partial charge is 0.496 e. The molecule has 0 bridgehead atoms. The number of hydrogen-bond acceptors (Lipinski definition) is 3. The van der Waals surface area contributed by atoms with Crippen LogP contribution >= 0.6 is 0 Å². The van der Waals surface area contributed by atoms with Crippen LogP contribution in [-0.4, -0.2) is 18.8 Å². The van der Waals surface area contributed by atoms with Gasteiger partial charge in [0.2, 0.25) is 0 Å². The van der Waals surface area contributed by atoms with Crippen molar-refractivity contribution in [1.29, 1.82) is 0 Å². The van der Waals surface area contributed by atoms with Gasteiger partial charge in [-0.3, -0.25) is 0 Å². The van der Waals surface area contributed by atoms with Crippen LogP contribution in [-0.2, 0) is 5.54 Å². The maximum atomic E-state index is 8.91. The molecule has 1 aromatic rings. The van der Waals surface area contributed by atoms with Gasteiger partial charge >= 0.3 is 0 Å². The normalized spacial score (nSPS) is 14.5. The fourth-order valence-corrected chi connectivity index (χ4v) is 1.99. The van der Waals surface area contributed by atoms with E-state index in [0.717, 1.165) is 17.7 Å². The Balaban J connectivity index is 3.14. The number of hydrogen-bond donors (Lipinski definition) is 2. The molecular weight excluding hydrogens is 214 g/mol. The molecule has 0 aliphatic rings. The Morgan fingerprint density at radius 3 is 2.41 bits per heavy atom. The first-order valence-corrected chi connectivity index (χ1v) is 5.98. The van der Waals surface area contributed by atoms with Crippen molar-refractivity contribution in [3.05, 3.63) is 28.8 Å². The van der Waals surface area contributed by atoms with E-state index in [1.165, 1.54) is 11.1 Å². The van der Waals surface area contributed by atoms with Crippen LogP contribution in [0.2, 0.25) is 0 Å². The van der Waals surface area contributed by atoms with Crippen molar-refractivity contribution >= 4 is 0 Å². The first kappa shape index (κ1) is 14.0. The summed E-state index contributed by atoms with van der Waals surface area (Å²) < 4.78 is 5.40. The van der Waals surface area contributed by atoms with Crippen LogP contribution in [0.5, 0.6) is 5.75 Å². The van der Waals surface area contributed by atoms with Gasteiger partial charge in [-0.2, -0.15) is 0 Å². The highest BCUT2D eigenvalue weighted by molar-refractivity contribution is 5.45. The first-order chi connectivity index (χ1) is 7.92. The minimum Gasteiger partial charge on any atom is -0.496 e. The first-order valence-electron chi connectivity index (χ1n) is 5.98. The minimum atomic E-state index is -0.466. The Hall–Kier alpha value is -1.06. The highest BCUT2D eigenvalue weighted by Gasteiger charge is 2.25. The van der Waals surface area contributed by atoms with Gasteiger partial charge in [0.05, 0.1) is 7.11 Å². The average molecular weight is 237 g/mol. The third-order valence-electron chi connectivity index (χ3n) is 3.29. The number of aliphatic hydroxyl groups excluding tert-OH is 1. The van der Waals surface area contributed by atoms with E-state index in [9.17, 15) is 0 Å². The third-order valence-corrected chi connectivity index (χ3v) is 3.29. The molecule has 3 nitrogen and oxygen atoms in total. The van der Waals surface area contributed by atoms with Crippen LogP contribution in [0.1, 0.15) is 36.5 Å². The van der Waals surface area contributed by atoms with Crippen LogP contribution in [0.4, 0.5) is 0 Å². The number of ether oxygens (including phenoxy) is 1.